The fourth-order valence-corrected chi connectivity index (χ4v) is 5.56. The Morgan fingerprint density at radius 3 is 2.46 bits per heavy atom. The average molecular weight is 482 g/mol. The Hall–Kier alpha value is -3.09. The molecular formula is C28H35NO6. The van der Waals surface area contributed by atoms with Crippen molar-refractivity contribution in [1.82, 2.24) is 5.32 Å². The number of dihydropyridines is 1. The summed E-state index contributed by atoms with van der Waals surface area (Å²) < 4.78 is 17.0. The minimum atomic E-state index is -0.924. The van der Waals surface area contributed by atoms with E-state index in [0.29, 0.717) is 34.6 Å². The van der Waals surface area contributed by atoms with Gasteiger partial charge in [-0.15, -0.1) is 0 Å². The van der Waals surface area contributed by atoms with Crippen molar-refractivity contribution in [2.24, 2.45) is 11.8 Å². The number of hydrogen-bond acceptors (Lipinski definition) is 7. The van der Waals surface area contributed by atoms with Crippen LogP contribution in [0.5, 0.6) is 5.75 Å². The summed E-state index contributed by atoms with van der Waals surface area (Å²) in [6.45, 7) is 7.58. The highest BCUT2D eigenvalue weighted by Gasteiger charge is 2.48. The van der Waals surface area contributed by atoms with E-state index in [2.05, 4.69) is 5.32 Å². The average Bonchev–Trinajstić information content (AvgIpc) is 3.30. The highest BCUT2D eigenvalue weighted by atomic mass is 16.5. The van der Waals surface area contributed by atoms with Crippen molar-refractivity contribution in [1.29, 1.82) is 0 Å². The summed E-state index contributed by atoms with van der Waals surface area (Å²) in [5.41, 5.74) is 2.92. The molecule has 3 atom stereocenters. The highest BCUT2D eigenvalue weighted by Crippen LogP contribution is 2.48. The third kappa shape index (κ3) is 4.86. The second kappa shape index (κ2) is 10.3. The van der Waals surface area contributed by atoms with Crippen molar-refractivity contribution in [2.45, 2.75) is 77.9 Å². The van der Waals surface area contributed by atoms with Crippen LogP contribution in [0.2, 0.25) is 0 Å². The van der Waals surface area contributed by atoms with E-state index in [1.165, 1.54) is 7.11 Å². The smallest absolute Gasteiger partial charge is 0.337 e. The van der Waals surface area contributed by atoms with Crippen LogP contribution < -0.4 is 10.1 Å². The summed E-state index contributed by atoms with van der Waals surface area (Å²) in [6.07, 6.45) is 4.04. The Morgan fingerprint density at radius 1 is 1.11 bits per heavy atom. The maximum atomic E-state index is 13.9. The van der Waals surface area contributed by atoms with Gasteiger partial charge in [-0.3, -0.25) is 9.59 Å². The first-order chi connectivity index (χ1) is 16.7. The van der Waals surface area contributed by atoms with Crippen LogP contribution >= 0.6 is 0 Å². The lowest BCUT2D eigenvalue weighted by Crippen LogP contribution is -2.43. The zero-order valence-electron chi connectivity index (χ0n) is 21.2. The molecule has 0 spiro atoms. The van der Waals surface area contributed by atoms with Gasteiger partial charge in [0.25, 0.3) is 0 Å². The number of rotatable bonds is 6. The summed E-state index contributed by atoms with van der Waals surface area (Å²) in [5, 5.41) is 3.32. The Morgan fingerprint density at radius 2 is 1.80 bits per heavy atom. The molecule has 188 valence electrons. The van der Waals surface area contributed by atoms with Crippen LogP contribution in [0.25, 0.3) is 0 Å². The summed E-state index contributed by atoms with van der Waals surface area (Å²) in [6, 6.07) is 7.47. The number of ketones is 1. The summed E-state index contributed by atoms with van der Waals surface area (Å²) in [4.78, 5) is 40.1. The van der Waals surface area contributed by atoms with Gasteiger partial charge in [0.1, 0.15) is 17.8 Å². The number of para-hydroxylation sites is 1. The topological polar surface area (TPSA) is 90.9 Å². The van der Waals surface area contributed by atoms with Crippen molar-refractivity contribution in [2.75, 3.05) is 7.11 Å². The van der Waals surface area contributed by atoms with Crippen LogP contribution in [0.15, 0.2) is 46.8 Å². The largest absolute Gasteiger partial charge is 0.491 e. The Balaban J connectivity index is 1.85. The van der Waals surface area contributed by atoms with Crippen molar-refractivity contribution >= 4 is 17.7 Å². The molecule has 1 aliphatic heterocycles. The minimum Gasteiger partial charge on any atom is -0.491 e. The monoisotopic (exact) mass is 481 g/mol. The van der Waals surface area contributed by atoms with Crippen LogP contribution in [-0.2, 0) is 23.9 Å². The van der Waals surface area contributed by atoms with E-state index < -0.39 is 23.8 Å². The molecule has 0 amide bonds. The second-order valence-corrected chi connectivity index (χ2v) is 10.1. The maximum Gasteiger partial charge on any atom is 0.337 e. The standard InChI is InChI=1S/C28H35NO6/c1-15(2)34-21-13-9-8-12-19(21)24-23(28(32)35-18-10-6-7-11-18)17(4)29-20-14-16(3)22(27(31)33-5)26(30)25(20)24/h8-9,12-13,15-16,18,22,24,29H,6-7,10-11,14H2,1-5H3/t16-,22+,24+/m0/s1. The molecule has 3 aliphatic rings. The maximum absolute atomic E-state index is 13.9. The molecule has 4 rings (SSSR count). The van der Waals surface area contributed by atoms with E-state index in [0.717, 1.165) is 31.4 Å². The first kappa shape index (κ1) is 25.0. The molecule has 7 heteroatoms. The molecule has 2 aliphatic carbocycles. The van der Waals surface area contributed by atoms with Crippen molar-refractivity contribution in [3.63, 3.8) is 0 Å². The predicted molar refractivity (Wildman–Crippen MR) is 130 cm³/mol. The van der Waals surface area contributed by atoms with Crippen molar-refractivity contribution in [3.8, 4) is 5.75 Å². The molecule has 1 aromatic rings. The molecular weight excluding hydrogens is 446 g/mol. The van der Waals surface area contributed by atoms with Crippen LogP contribution in [0.1, 0.15) is 71.3 Å². The van der Waals surface area contributed by atoms with Crippen LogP contribution in [0.3, 0.4) is 0 Å². The number of carbonyl (C=O) groups is 3. The van der Waals surface area contributed by atoms with Crippen LogP contribution in [0.4, 0.5) is 0 Å². The SMILES string of the molecule is COC(=O)[C@H]1C(=O)C2=C(C[C@@H]1C)NC(C)=C(C(=O)OC1CCCC1)[C@H]2c1ccccc1OC(C)C. The number of benzene rings is 1. The first-order valence-corrected chi connectivity index (χ1v) is 12.5. The van der Waals surface area contributed by atoms with E-state index in [1.54, 1.807) is 0 Å². The van der Waals surface area contributed by atoms with Crippen LogP contribution in [-0.4, -0.2) is 37.0 Å². The number of hydrogen-bond donors (Lipinski definition) is 1. The lowest BCUT2D eigenvalue weighted by Gasteiger charge is -2.38. The molecule has 0 bridgehead atoms. The number of nitrogens with one attached hydrogen (secondary N) is 1. The zero-order valence-corrected chi connectivity index (χ0v) is 21.2. The van der Waals surface area contributed by atoms with Gasteiger partial charge in [0, 0.05) is 22.5 Å². The number of methoxy groups -OCH3 is 1. The van der Waals surface area contributed by atoms with Gasteiger partial charge in [-0.1, -0.05) is 25.1 Å². The Kier molecular flexibility index (Phi) is 7.33. The number of carbonyl (C=O) groups excluding carboxylic acids is 3. The van der Waals surface area contributed by atoms with E-state index in [4.69, 9.17) is 14.2 Å². The molecule has 0 aromatic heterocycles. The molecule has 1 fully saturated rings. The molecule has 0 unspecified atom stereocenters. The Labute approximate surface area is 206 Å². The molecule has 7 nitrogen and oxygen atoms in total. The quantitative estimate of drug-likeness (QED) is 0.470. The summed E-state index contributed by atoms with van der Waals surface area (Å²) in [7, 11) is 1.29. The van der Waals surface area contributed by atoms with Gasteiger partial charge < -0.3 is 19.5 Å². The fourth-order valence-electron chi connectivity index (χ4n) is 5.56. The zero-order chi connectivity index (χ0) is 25.3. The second-order valence-electron chi connectivity index (χ2n) is 10.1. The lowest BCUT2D eigenvalue weighted by molar-refractivity contribution is -0.151. The van der Waals surface area contributed by atoms with Gasteiger partial charge in [0.2, 0.25) is 0 Å². The first-order valence-electron chi connectivity index (χ1n) is 12.5. The number of esters is 2. The molecule has 0 saturated heterocycles. The Bertz CT molecular complexity index is 1080. The number of Topliss-reactive ketones (excluding diaryl/α,β-unsaturated/α-hetero) is 1. The van der Waals surface area contributed by atoms with Crippen molar-refractivity contribution < 1.29 is 28.6 Å². The molecule has 1 N–H and O–H groups in total. The molecule has 35 heavy (non-hydrogen) atoms. The third-order valence-corrected chi connectivity index (χ3v) is 7.13. The van der Waals surface area contributed by atoms with Crippen molar-refractivity contribution in [3.05, 3.63) is 52.4 Å². The summed E-state index contributed by atoms with van der Waals surface area (Å²) in [5.74, 6) is -2.57. The third-order valence-electron chi connectivity index (χ3n) is 7.13. The van der Waals surface area contributed by atoms with Gasteiger partial charge in [-0.2, -0.15) is 0 Å². The predicted octanol–water partition coefficient (Wildman–Crippen LogP) is 4.57. The number of allylic oxidation sites excluding steroid dienone is 3. The molecule has 1 saturated carbocycles. The summed E-state index contributed by atoms with van der Waals surface area (Å²) >= 11 is 0. The van der Waals surface area contributed by atoms with E-state index >= 15 is 0 Å². The highest BCUT2D eigenvalue weighted by molar-refractivity contribution is 6.12. The van der Waals surface area contributed by atoms with Gasteiger partial charge in [-0.05, 0) is 64.9 Å². The number of ether oxygens (including phenoxy) is 3. The van der Waals surface area contributed by atoms with E-state index in [-0.39, 0.29) is 23.9 Å². The van der Waals surface area contributed by atoms with Crippen LogP contribution in [0, 0.1) is 11.8 Å². The van der Waals surface area contributed by atoms with E-state index in [9.17, 15) is 14.4 Å². The molecule has 0 radical (unpaired) electrons. The van der Waals surface area contributed by atoms with Gasteiger partial charge in [-0.25, -0.2) is 4.79 Å². The lowest BCUT2D eigenvalue weighted by atomic mass is 9.69. The van der Waals surface area contributed by atoms with Gasteiger partial charge >= 0.3 is 11.9 Å². The van der Waals surface area contributed by atoms with E-state index in [1.807, 2.05) is 52.0 Å². The minimum absolute atomic E-state index is 0.102. The fraction of sp³-hybridized carbons (Fsp3) is 0.536. The molecule has 1 heterocycles. The van der Waals surface area contributed by atoms with Gasteiger partial charge in [0.05, 0.1) is 24.7 Å². The molecule has 1 aromatic carbocycles. The normalized spacial score (nSPS) is 24.9. The van der Waals surface area contributed by atoms with Gasteiger partial charge in [0.15, 0.2) is 5.78 Å².